The highest BCUT2D eigenvalue weighted by Crippen LogP contribution is 2.33. The van der Waals surface area contributed by atoms with Crippen LogP contribution in [0.1, 0.15) is 38.2 Å². The quantitative estimate of drug-likeness (QED) is 0.932. The molecule has 2 aliphatic rings. The van der Waals surface area contributed by atoms with Crippen molar-refractivity contribution in [2.45, 2.75) is 45.6 Å². The van der Waals surface area contributed by atoms with Crippen LogP contribution in [0.2, 0.25) is 0 Å². The minimum Gasteiger partial charge on any atom is -0.372 e. The number of benzene rings is 1. The largest absolute Gasteiger partial charge is 0.372 e. The Labute approximate surface area is 137 Å². The van der Waals surface area contributed by atoms with E-state index in [1.54, 1.807) is 4.90 Å². The van der Waals surface area contributed by atoms with Crippen molar-refractivity contribution < 1.29 is 9.59 Å². The fourth-order valence-electron chi connectivity index (χ4n) is 3.38. The summed E-state index contributed by atoms with van der Waals surface area (Å²) in [7, 11) is 0. The number of carbonyl (C=O) groups is 2. The Morgan fingerprint density at radius 1 is 1.26 bits per heavy atom. The van der Waals surface area contributed by atoms with Gasteiger partial charge in [-0.15, -0.1) is 0 Å². The number of aryl methyl sites for hydroxylation is 1. The van der Waals surface area contributed by atoms with E-state index in [9.17, 15) is 9.59 Å². The van der Waals surface area contributed by atoms with E-state index in [4.69, 9.17) is 0 Å². The molecule has 0 saturated carbocycles. The van der Waals surface area contributed by atoms with Gasteiger partial charge in [0.1, 0.15) is 12.6 Å². The number of carbonyl (C=O) groups excluding carboxylic acids is 2. The van der Waals surface area contributed by atoms with Crippen LogP contribution in [0.5, 0.6) is 0 Å². The van der Waals surface area contributed by atoms with Crippen molar-refractivity contribution in [3.63, 3.8) is 0 Å². The predicted molar refractivity (Wildman–Crippen MR) is 91.7 cm³/mol. The molecule has 2 aliphatic heterocycles. The Kier molecular flexibility index (Phi) is 4.55. The number of nitrogens with zero attached hydrogens (tertiary/aromatic N) is 2. The van der Waals surface area contributed by atoms with Crippen LogP contribution in [-0.2, 0) is 9.59 Å². The molecule has 23 heavy (non-hydrogen) atoms. The van der Waals surface area contributed by atoms with Gasteiger partial charge in [0.15, 0.2) is 0 Å². The van der Waals surface area contributed by atoms with Gasteiger partial charge in [-0.1, -0.05) is 13.0 Å². The average Bonchev–Trinajstić information content (AvgIpc) is 2.57. The van der Waals surface area contributed by atoms with Crippen molar-refractivity contribution >= 4 is 23.2 Å². The first kappa shape index (κ1) is 15.8. The number of nitrogens with one attached hydrogen (secondary N) is 1. The maximum absolute atomic E-state index is 12.7. The smallest absolute Gasteiger partial charge is 0.250 e. The number of rotatable bonds is 3. The molecule has 0 bridgehead atoms. The average molecular weight is 315 g/mol. The van der Waals surface area contributed by atoms with Crippen molar-refractivity contribution in [1.29, 1.82) is 0 Å². The first-order chi connectivity index (χ1) is 11.1. The summed E-state index contributed by atoms with van der Waals surface area (Å²) in [4.78, 5) is 28.9. The van der Waals surface area contributed by atoms with Gasteiger partial charge in [0.25, 0.3) is 0 Å². The van der Waals surface area contributed by atoms with Gasteiger partial charge in [0.2, 0.25) is 11.8 Å². The molecule has 0 spiro atoms. The maximum Gasteiger partial charge on any atom is 0.250 e. The van der Waals surface area contributed by atoms with Gasteiger partial charge in [-0.05, 0) is 50.3 Å². The van der Waals surface area contributed by atoms with Gasteiger partial charge in [-0.25, -0.2) is 0 Å². The molecule has 5 heteroatoms. The third-order valence-electron chi connectivity index (χ3n) is 4.75. The Morgan fingerprint density at radius 2 is 2.00 bits per heavy atom. The lowest BCUT2D eigenvalue weighted by Crippen LogP contribution is -2.51. The topological polar surface area (TPSA) is 52.7 Å². The van der Waals surface area contributed by atoms with Gasteiger partial charge in [0.05, 0.1) is 11.4 Å². The van der Waals surface area contributed by atoms with Gasteiger partial charge < -0.3 is 10.2 Å². The zero-order chi connectivity index (χ0) is 16.4. The molecule has 1 N–H and O–H groups in total. The van der Waals surface area contributed by atoms with Crippen molar-refractivity contribution in [3.05, 3.63) is 23.8 Å². The van der Waals surface area contributed by atoms with Gasteiger partial charge in [0, 0.05) is 13.1 Å². The van der Waals surface area contributed by atoms with E-state index in [0.29, 0.717) is 6.42 Å². The lowest BCUT2D eigenvalue weighted by molar-refractivity contribution is -0.132. The molecular weight excluding hydrogens is 290 g/mol. The molecule has 5 nitrogen and oxygen atoms in total. The molecule has 1 fully saturated rings. The van der Waals surface area contributed by atoms with E-state index in [2.05, 4.69) is 5.32 Å². The van der Waals surface area contributed by atoms with E-state index >= 15 is 0 Å². The summed E-state index contributed by atoms with van der Waals surface area (Å²) in [6, 6.07) is 5.71. The highest BCUT2D eigenvalue weighted by molar-refractivity contribution is 6.07. The van der Waals surface area contributed by atoms with Gasteiger partial charge >= 0.3 is 0 Å². The molecule has 3 rings (SSSR count). The Bertz CT molecular complexity index is 608. The fourth-order valence-corrected chi connectivity index (χ4v) is 3.38. The second kappa shape index (κ2) is 6.60. The zero-order valence-corrected chi connectivity index (χ0v) is 14.0. The molecule has 2 amide bonds. The second-order valence-corrected chi connectivity index (χ2v) is 6.49. The molecule has 124 valence electrons. The number of hydrogen-bond donors (Lipinski definition) is 1. The predicted octanol–water partition coefficient (Wildman–Crippen LogP) is 2.54. The van der Waals surface area contributed by atoms with Crippen molar-refractivity contribution in [2.75, 3.05) is 29.9 Å². The van der Waals surface area contributed by atoms with E-state index in [1.807, 2.05) is 36.9 Å². The van der Waals surface area contributed by atoms with Crippen LogP contribution in [0, 0.1) is 6.92 Å². The van der Waals surface area contributed by atoms with Gasteiger partial charge in [-0.2, -0.15) is 0 Å². The molecule has 1 saturated heterocycles. The molecule has 1 aromatic carbocycles. The standard InChI is InChI=1S/C18H25N3O2/c1-3-14-18(23)21(12-17(22)20-9-5-4-6-10-20)16-8-7-13(2)11-15(16)19-14/h7-8,11,14,19H,3-6,9-10,12H2,1-2H3. The molecule has 1 aromatic rings. The van der Waals surface area contributed by atoms with Crippen LogP contribution in [0.25, 0.3) is 0 Å². The van der Waals surface area contributed by atoms with Crippen LogP contribution in [0.15, 0.2) is 18.2 Å². The summed E-state index contributed by atoms with van der Waals surface area (Å²) in [5, 5.41) is 3.30. The third-order valence-corrected chi connectivity index (χ3v) is 4.75. The van der Waals surface area contributed by atoms with Crippen LogP contribution >= 0.6 is 0 Å². The van der Waals surface area contributed by atoms with Gasteiger partial charge in [-0.3, -0.25) is 14.5 Å². The summed E-state index contributed by atoms with van der Waals surface area (Å²) in [5.41, 5.74) is 2.90. The molecule has 0 aliphatic carbocycles. The highest BCUT2D eigenvalue weighted by atomic mass is 16.2. The van der Waals surface area contributed by atoms with E-state index in [0.717, 1.165) is 42.9 Å². The summed E-state index contributed by atoms with van der Waals surface area (Å²) < 4.78 is 0. The first-order valence-corrected chi connectivity index (χ1v) is 8.56. The van der Waals surface area contributed by atoms with Crippen LogP contribution in [0.4, 0.5) is 11.4 Å². The van der Waals surface area contributed by atoms with E-state index < -0.39 is 0 Å². The van der Waals surface area contributed by atoms with Crippen LogP contribution in [-0.4, -0.2) is 42.4 Å². The van der Waals surface area contributed by atoms with E-state index in [-0.39, 0.29) is 24.4 Å². The maximum atomic E-state index is 12.7. The summed E-state index contributed by atoms with van der Waals surface area (Å²) >= 11 is 0. The number of fused-ring (bicyclic) bond motifs is 1. The number of hydrogen-bond acceptors (Lipinski definition) is 3. The molecule has 1 unspecified atom stereocenters. The SMILES string of the molecule is CCC1Nc2cc(C)ccc2N(CC(=O)N2CCCCC2)C1=O. The lowest BCUT2D eigenvalue weighted by Gasteiger charge is -2.36. The minimum atomic E-state index is -0.251. The summed E-state index contributed by atoms with van der Waals surface area (Å²) in [6.07, 6.45) is 4.03. The lowest BCUT2D eigenvalue weighted by atomic mass is 10.0. The Hall–Kier alpha value is -2.04. The number of piperidine rings is 1. The molecule has 1 atom stereocenters. The highest BCUT2D eigenvalue weighted by Gasteiger charge is 2.33. The summed E-state index contributed by atoms with van der Waals surface area (Å²) in [6.45, 7) is 5.80. The Morgan fingerprint density at radius 3 is 2.70 bits per heavy atom. The van der Waals surface area contributed by atoms with Crippen molar-refractivity contribution in [3.8, 4) is 0 Å². The Balaban J connectivity index is 1.84. The second-order valence-electron chi connectivity index (χ2n) is 6.49. The van der Waals surface area contributed by atoms with Crippen LogP contribution in [0.3, 0.4) is 0 Å². The number of amides is 2. The normalized spacial score (nSPS) is 21.0. The number of likely N-dealkylation sites (tertiary alicyclic amines) is 1. The molecule has 2 heterocycles. The fraction of sp³-hybridized carbons (Fsp3) is 0.556. The molecule has 0 aromatic heterocycles. The van der Waals surface area contributed by atoms with Crippen molar-refractivity contribution in [1.82, 2.24) is 4.90 Å². The van der Waals surface area contributed by atoms with Crippen LogP contribution < -0.4 is 10.2 Å². The molecular formula is C18H25N3O2. The summed E-state index contributed by atoms with van der Waals surface area (Å²) in [5.74, 6) is 0.0514. The number of anilines is 2. The zero-order valence-electron chi connectivity index (χ0n) is 14.0. The first-order valence-electron chi connectivity index (χ1n) is 8.56. The minimum absolute atomic E-state index is 0.00536. The molecule has 0 radical (unpaired) electrons. The third kappa shape index (κ3) is 3.19. The van der Waals surface area contributed by atoms with E-state index in [1.165, 1.54) is 6.42 Å². The monoisotopic (exact) mass is 315 g/mol. The van der Waals surface area contributed by atoms with Crippen molar-refractivity contribution in [2.24, 2.45) is 0 Å².